The van der Waals surface area contributed by atoms with E-state index in [1.807, 2.05) is 0 Å². The van der Waals surface area contributed by atoms with Crippen LogP contribution in [0.4, 0.5) is 8.78 Å². The molecule has 0 saturated carbocycles. The number of amides is 1. The van der Waals surface area contributed by atoms with Crippen LogP contribution in [0.1, 0.15) is 17.3 Å². The molecule has 0 aromatic heterocycles. The van der Waals surface area contributed by atoms with Crippen molar-refractivity contribution < 1.29 is 27.8 Å². The molecule has 0 spiro atoms. The minimum Gasteiger partial charge on any atom is -0.493 e. The third kappa shape index (κ3) is 4.65. The summed E-state index contributed by atoms with van der Waals surface area (Å²) >= 11 is 0. The molecular formula is C13H17F2NO4. The highest BCUT2D eigenvalue weighted by Gasteiger charge is 2.15. The van der Waals surface area contributed by atoms with Gasteiger partial charge in [0.25, 0.3) is 5.91 Å². The fraction of sp³-hybridized carbons (Fsp3) is 0.462. The summed E-state index contributed by atoms with van der Waals surface area (Å²) in [4.78, 5) is 11.9. The maximum Gasteiger partial charge on any atom is 0.387 e. The smallest absolute Gasteiger partial charge is 0.387 e. The van der Waals surface area contributed by atoms with Gasteiger partial charge in [-0.25, -0.2) is 0 Å². The third-order valence-corrected chi connectivity index (χ3v) is 2.44. The monoisotopic (exact) mass is 289 g/mol. The number of carbonyl (C=O) groups excluding carboxylic acids is 1. The van der Waals surface area contributed by atoms with Gasteiger partial charge in [0.15, 0.2) is 11.5 Å². The van der Waals surface area contributed by atoms with E-state index in [2.05, 4.69) is 10.1 Å². The summed E-state index contributed by atoms with van der Waals surface area (Å²) in [6, 6.07) is 3.82. The quantitative estimate of drug-likeness (QED) is 0.835. The van der Waals surface area contributed by atoms with Crippen LogP contribution in [0, 0.1) is 0 Å². The Bertz CT molecular complexity index is 454. The first-order valence-electron chi connectivity index (χ1n) is 5.90. The van der Waals surface area contributed by atoms with Crippen LogP contribution in [0.5, 0.6) is 11.5 Å². The van der Waals surface area contributed by atoms with Gasteiger partial charge in [0.2, 0.25) is 0 Å². The number of benzene rings is 1. The van der Waals surface area contributed by atoms with Crippen molar-refractivity contribution in [3.63, 3.8) is 0 Å². The van der Waals surface area contributed by atoms with Crippen molar-refractivity contribution in [3.05, 3.63) is 23.8 Å². The van der Waals surface area contributed by atoms with E-state index >= 15 is 0 Å². The third-order valence-electron chi connectivity index (χ3n) is 2.44. The molecular weight excluding hydrogens is 272 g/mol. The molecule has 112 valence electrons. The Morgan fingerprint density at radius 3 is 2.55 bits per heavy atom. The Hall–Kier alpha value is -1.89. The molecule has 0 aliphatic carbocycles. The van der Waals surface area contributed by atoms with Gasteiger partial charge in [-0.2, -0.15) is 8.78 Å². The van der Waals surface area contributed by atoms with Gasteiger partial charge in [-0.05, 0) is 25.1 Å². The van der Waals surface area contributed by atoms with E-state index in [-0.39, 0.29) is 29.0 Å². The van der Waals surface area contributed by atoms with Crippen molar-refractivity contribution >= 4 is 5.91 Å². The molecule has 0 aliphatic heterocycles. The van der Waals surface area contributed by atoms with Gasteiger partial charge in [-0.3, -0.25) is 4.79 Å². The molecule has 5 nitrogen and oxygen atoms in total. The number of hydrogen-bond donors (Lipinski definition) is 1. The maximum absolute atomic E-state index is 12.2. The lowest BCUT2D eigenvalue weighted by molar-refractivity contribution is -0.0512. The number of nitrogens with one attached hydrogen (secondary N) is 1. The predicted molar refractivity (Wildman–Crippen MR) is 68.4 cm³/mol. The van der Waals surface area contributed by atoms with Crippen LogP contribution in [0.2, 0.25) is 0 Å². The fourth-order valence-electron chi connectivity index (χ4n) is 1.60. The molecule has 7 heteroatoms. The number of methoxy groups -OCH3 is 2. The summed E-state index contributed by atoms with van der Waals surface area (Å²) in [7, 11) is 2.84. The average Bonchev–Trinajstić information content (AvgIpc) is 2.38. The molecule has 1 N–H and O–H groups in total. The van der Waals surface area contributed by atoms with Gasteiger partial charge in [-0.1, -0.05) is 0 Å². The first-order chi connectivity index (χ1) is 9.47. The van der Waals surface area contributed by atoms with Crippen molar-refractivity contribution in [1.82, 2.24) is 5.32 Å². The lowest BCUT2D eigenvalue weighted by atomic mass is 10.1. The highest BCUT2D eigenvalue weighted by molar-refractivity contribution is 5.95. The lowest BCUT2D eigenvalue weighted by Gasteiger charge is -2.14. The van der Waals surface area contributed by atoms with Crippen molar-refractivity contribution in [1.29, 1.82) is 0 Å². The van der Waals surface area contributed by atoms with Crippen LogP contribution in [0.25, 0.3) is 0 Å². The number of rotatable bonds is 7. The highest BCUT2D eigenvalue weighted by atomic mass is 19.3. The largest absolute Gasteiger partial charge is 0.493 e. The van der Waals surface area contributed by atoms with Crippen molar-refractivity contribution in [2.45, 2.75) is 19.6 Å². The zero-order valence-electron chi connectivity index (χ0n) is 11.5. The molecule has 0 aliphatic rings. The Morgan fingerprint density at radius 1 is 1.30 bits per heavy atom. The summed E-state index contributed by atoms with van der Waals surface area (Å²) in [6.45, 7) is -0.798. The molecule has 0 saturated heterocycles. The minimum absolute atomic E-state index is 0.0670. The Balaban J connectivity index is 2.83. The van der Waals surface area contributed by atoms with Crippen molar-refractivity contribution in [3.8, 4) is 11.5 Å². The van der Waals surface area contributed by atoms with E-state index in [9.17, 15) is 13.6 Å². The predicted octanol–water partition coefficient (Wildman–Crippen LogP) is 2.06. The molecule has 1 aromatic carbocycles. The first-order valence-corrected chi connectivity index (χ1v) is 5.90. The van der Waals surface area contributed by atoms with E-state index in [1.165, 1.54) is 32.4 Å². The number of carbonyl (C=O) groups is 1. The maximum atomic E-state index is 12.2. The molecule has 0 radical (unpaired) electrons. The highest BCUT2D eigenvalue weighted by Crippen LogP contribution is 2.29. The fourth-order valence-corrected chi connectivity index (χ4v) is 1.60. The summed E-state index contributed by atoms with van der Waals surface area (Å²) in [5.74, 6) is -0.405. The van der Waals surface area contributed by atoms with E-state index in [4.69, 9.17) is 9.47 Å². The van der Waals surface area contributed by atoms with Crippen molar-refractivity contribution in [2.24, 2.45) is 0 Å². The number of ether oxygens (including phenoxy) is 3. The van der Waals surface area contributed by atoms with Crippen molar-refractivity contribution in [2.75, 3.05) is 20.8 Å². The first kappa shape index (κ1) is 16.2. The van der Waals surface area contributed by atoms with Crippen LogP contribution in [-0.2, 0) is 4.74 Å². The summed E-state index contributed by atoms with van der Waals surface area (Å²) in [5, 5.41) is 2.70. The van der Waals surface area contributed by atoms with Crippen LogP contribution in [-0.4, -0.2) is 39.4 Å². The molecule has 20 heavy (non-hydrogen) atoms. The van der Waals surface area contributed by atoms with Gasteiger partial charge in [-0.15, -0.1) is 0 Å². The second-order valence-electron chi connectivity index (χ2n) is 4.07. The average molecular weight is 289 g/mol. The molecule has 0 bridgehead atoms. The van der Waals surface area contributed by atoms with E-state index in [0.717, 1.165) is 0 Å². The van der Waals surface area contributed by atoms with Gasteiger partial charge < -0.3 is 19.5 Å². The SMILES string of the molecule is COC[C@@H](C)NC(=O)c1ccc(OC(F)F)c(OC)c1. The van der Waals surface area contributed by atoms with Crippen LogP contribution in [0.3, 0.4) is 0 Å². The van der Waals surface area contributed by atoms with Gasteiger partial charge >= 0.3 is 6.61 Å². The van der Waals surface area contributed by atoms with E-state index in [1.54, 1.807) is 6.92 Å². The molecule has 1 atom stereocenters. The minimum atomic E-state index is -2.95. The second kappa shape index (κ2) is 7.64. The Kier molecular flexibility index (Phi) is 6.17. The van der Waals surface area contributed by atoms with Crippen LogP contribution >= 0.6 is 0 Å². The Labute approximate surface area is 115 Å². The van der Waals surface area contributed by atoms with E-state index < -0.39 is 6.61 Å². The normalized spacial score (nSPS) is 12.1. The Morgan fingerprint density at radius 2 is 2.00 bits per heavy atom. The number of halogens is 2. The molecule has 1 amide bonds. The standard InChI is InChI=1S/C13H17F2NO4/c1-8(7-18-2)16-12(17)9-4-5-10(20-13(14)15)11(6-9)19-3/h4-6,8,13H,7H2,1-3H3,(H,16,17)/t8-/m1/s1. The second-order valence-corrected chi connectivity index (χ2v) is 4.07. The molecule has 1 aromatic rings. The summed E-state index contributed by atoms with van der Waals surface area (Å²) in [5.41, 5.74) is 0.284. The molecule has 0 unspecified atom stereocenters. The van der Waals surface area contributed by atoms with Crippen LogP contribution in [0.15, 0.2) is 18.2 Å². The van der Waals surface area contributed by atoms with Gasteiger partial charge in [0.05, 0.1) is 13.7 Å². The summed E-state index contributed by atoms with van der Waals surface area (Å²) in [6.07, 6.45) is 0. The van der Waals surface area contributed by atoms with Crippen LogP contribution < -0.4 is 14.8 Å². The molecule has 1 rings (SSSR count). The van der Waals surface area contributed by atoms with E-state index in [0.29, 0.717) is 6.61 Å². The summed E-state index contributed by atoms with van der Waals surface area (Å²) < 4.78 is 38.5. The number of alkyl halides is 2. The number of hydrogen-bond acceptors (Lipinski definition) is 4. The molecule has 0 heterocycles. The lowest BCUT2D eigenvalue weighted by Crippen LogP contribution is -2.35. The van der Waals surface area contributed by atoms with Gasteiger partial charge in [0, 0.05) is 18.7 Å². The van der Waals surface area contributed by atoms with Gasteiger partial charge in [0.1, 0.15) is 0 Å². The zero-order chi connectivity index (χ0) is 15.1. The molecule has 0 fully saturated rings. The zero-order valence-corrected chi connectivity index (χ0v) is 11.5. The topological polar surface area (TPSA) is 56.8 Å².